The van der Waals surface area contributed by atoms with Crippen LogP contribution in [0.3, 0.4) is 0 Å². The number of aliphatic carboxylic acids is 1. The van der Waals surface area contributed by atoms with E-state index in [4.69, 9.17) is 37.8 Å². The summed E-state index contributed by atoms with van der Waals surface area (Å²) in [6.07, 6.45) is 4.63. The Morgan fingerprint density at radius 1 is 1.07 bits per heavy atom. The van der Waals surface area contributed by atoms with Gasteiger partial charge in [-0.05, 0) is 36.5 Å². The average Bonchev–Trinajstić information content (AvgIpc) is 3.29. The predicted molar refractivity (Wildman–Crippen MR) is 153 cm³/mol. The molecular formula is C28H27BrCl2N2O9. The van der Waals surface area contributed by atoms with Crippen molar-refractivity contribution in [3.63, 3.8) is 0 Å². The number of halogens is 3. The van der Waals surface area contributed by atoms with E-state index in [9.17, 15) is 29.1 Å². The number of rotatable bonds is 8. The zero-order valence-corrected chi connectivity index (χ0v) is 25.6. The van der Waals surface area contributed by atoms with Crippen molar-refractivity contribution in [2.45, 2.75) is 29.0 Å². The molecule has 6 unspecified atom stereocenters. The van der Waals surface area contributed by atoms with Crippen LogP contribution in [0.25, 0.3) is 6.08 Å². The molecule has 42 heavy (non-hydrogen) atoms. The number of nitrogens with zero attached hydrogens (tertiary/aromatic N) is 2. The first-order valence-electron chi connectivity index (χ1n) is 13.1. The van der Waals surface area contributed by atoms with Crippen LogP contribution in [-0.2, 0) is 24.0 Å². The second-order valence-corrected chi connectivity index (χ2v) is 12.4. The minimum atomic E-state index is -1.95. The molecule has 224 valence electrons. The number of alkyl halides is 3. The van der Waals surface area contributed by atoms with Crippen molar-refractivity contribution < 1.29 is 43.7 Å². The van der Waals surface area contributed by atoms with Crippen LogP contribution < -0.4 is 9.47 Å². The van der Waals surface area contributed by atoms with Crippen molar-refractivity contribution in [1.82, 2.24) is 9.80 Å². The molecule has 2 aliphatic carbocycles. The molecule has 14 heteroatoms. The Bertz CT molecular complexity index is 1440. The predicted octanol–water partition coefficient (Wildman–Crippen LogP) is 3.14. The number of phenolic OH excluding ortho intramolecular Hbond substituents is 1. The fourth-order valence-corrected chi connectivity index (χ4v) is 8.09. The molecule has 0 bridgehead atoms. The number of likely N-dealkylation sites (tertiary alicyclic amines) is 2. The third-order valence-corrected chi connectivity index (χ3v) is 10.6. The van der Waals surface area contributed by atoms with Crippen molar-refractivity contribution in [1.29, 1.82) is 0 Å². The van der Waals surface area contributed by atoms with Crippen molar-refractivity contribution >= 4 is 74.8 Å². The monoisotopic (exact) mass is 684 g/mol. The Morgan fingerprint density at radius 2 is 1.71 bits per heavy atom. The second kappa shape index (κ2) is 10.9. The SMILES string of the molecule is COc1cc(C=CC2C3=CCC4C(=O)N(CCC(=O)O)C(=O)C4C3CC3(Cl)C(=O)N(CBr)C(=O)C23Cl)cc(OC)c1O. The summed E-state index contributed by atoms with van der Waals surface area (Å²) in [6, 6.07) is 3.08. The summed E-state index contributed by atoms with van der Waals surface area (Å²) < 4.78 is 10.5. The highest BCUT2D eigenvalue weighted by Crippen LogP contribution is 2.63. The van der Waals surface area contributed by atoms with Gasteiger partial charge in [-0.2, -0.15) is 0 Å². The quantitative estimate of drug-likeness (QED) is 0.182. The lowest BCUT2D eigenvalue weighted by atomic mass is 9.57. The van der Waals surface area contributed by atoms with Gasteiger partial charge < -0.3 is 19.7 Å². The number of hydrogen-bond donors (Lipinski definition) is 2. The lowest BCUT2D eigenvalue weighted by Gasteiger charge is -2.49. The number of allylic oxidation sites excluding steroid dienone is 3. The number of phenols is 1. The van der Waals surface area contributed by atoms with E-state index < -0.39 is 69.4 Å². The average molecular weight is 686 g/mol. The molecule has 2 saturated heterocycles. The highest BCUT2D eigenvalue weighted by atomic mass is 79.9. The van der Waals surface area contributed by atoms with Crippen molar-refractivity contribution in [3.05, 3.63) is 35.4 Å². The number of carboxylic acids is 1. The van der Waals surface area contributed by atoms with E-state index in [1.807, 2.05) is 0 Å². The Hall–Kier alpha value is -3.09. The zero-order chi connectivity index (χ0) is 30.7. The molecule has 1 aromatic carbocycles. The minimum Gasteiger partial charge on any atom is -0.502 e. The van der Waals surface area contributed by atoms with Crippen LogP contribution in [0, 0.1) is 23.7 Å². The van der Waals surface area contributed by atoms with Crippen molar-refractivity contribution in [2.24, 2.45) is 23.7 Å². The van der Waals surface area contributed by atoms with Crippen LogP contribution in [0.1, 0.15) is 24.8 Å². The van der Waals surface area contributed by atoms with Crippen molar-refractivity contribution in [2.75, 3.05) is 26.2 Å². The second-order valence-electron chi connectivity index (χ2n) is 10.6. The van der Waals surface area contributed by atoms with Crippen LogP contribution >= 0.6 is 39.1 Å². The number of methoxy groups -OCH3 is 2. The van der Waals surface area contributed by atoms with Gasteiger partial charge in [0.05, 0.1) is 37.9 Å². The number of carboxylic acid groups (broad SMARTS) is 1. The largest absolute Gasteiger partial charge is 0.502 e. The first kappa shape index (κ1) is 30.4. The first-order valence-corrected chi connectivity index (χ1v) is 14.9. The Balaban J connectivity index is 1.62. The van der Waals surface area contributed by atoms with Gasteiger partial charge in [-0.15, -0.1) is 23.2 Å². The summed E-state index contributed by atoms with van der Waals surface area (Å²) in [5, 5.41) is 19.4. The summed E-state index contributed by atoms with van der Waals surface area (Å²) in [7, 11) is 2.76. The number of fused-ring (bicyclic) bond motifs is 4. The van der Waals surface area contributed by atoms with Gasteiger partial charge in [0, 0.05) is 12.5 Å². The smallest absolute Gasteiger partial charge is 0.305 e. The van der Waals surface area contributed by atoms with Crippen LogP contribution in [0.4, 0.5) is 0 Å². The van der Waals surface area contributed by atoms with Gasteiger partial charge in [0.25, 0.3) is 11.8 Å². The highest BCUT2D eigenvalue weighted by Gasteiger charge is 2.75. The van der Waals surface area contributed by atoms with E-state index in [1.54, 1.807) is 30.4 Å². The molecule has 2 aliphatic heterocycles. The molecule has 6 atom stereocenters. The molecule has 2 heterocycles. The summed E-state index contributed by atoms with van der Waals surface area (Å²) in [6.45, 7) is -0.268. The van der Waals surface area contributed by atoms with Gasteiger partial charge in [-0.3, -0.25) is 33.8 Å². The van der Waals surface area contributed by atoms with E-state index in [0.717, 1.165) is 9.80 Å². The standard InChI is InChI=1S/C28H27BrCl2N2O9/c1-41-18-9-13(10-19(42-2)22(18)36)3-6-17-14-4-5-15-21(24(38)32(23(15)37)8-7-20(34)35)16(14)11-27(30)25(39)33(12-29)26(40)28(17,27)31/h3-4,6,9-10,15-17,21,36H,5,7-8,11-12H2,1-2H3,(H,34,35). The third-order valence-electron chi connectivity index (χ3n) is 8.70. The maximum absolute atomic E-state index is 13.7. The maximum atomic E-state index is 13.7. The molecular weight excluding hydrogens is 659 g/mol. The number of imide groups is 2. The molecule has 0 spiro atoms. The van der Waals surface area contributed by atoms with Gasteiger partial charge in [0.2, 0.25) is 17.6 Å². The van der Waals surface area contributed by atoms with Gasteiger partial charge >= 0.3 is 5.97 Å². The van der Waals surface area contributed by atoms with Crippen LogP contribution in [0.2, 0.25) is 0 Å². The minimum absolute atomic E-state index is 0.136. The molecule has 5 rings (SSSR count). The van der Waals surface area contributed by atoms with Crippen LogP contribution in [0.5, 0.6) is 17.2 Å². The first-order chi connectivity index (χ1) is 19.8. The van der Waals surface area contributed by atoms with E-state index in [2.05, 4.69) is 15.9 Å². The topological polar surface area (TPSA) is 151 Å². The summed E-state index contributed by atoms with van der Waals surface area (Å²) in [5.74, 6) is -6.84. The number of benzene rings is 1. The third kappa shape index (κ3) is 4.24. The number of ether oxygens (including phenoxy) is 2. The Morgan fingerprint density at radius 3 is 2.29 bits per heavy atom. The molecule has 11 nitrogen and oxygen atoms in total. The number of amides is 4. The van der Waals surface area contributed by atoms with E-state index in [1.165, 1.54) is 14.2 Å². The lowest BCUT2D eigenvalue weighted by Crippen LogP contribution is -2.60. The van der Waals surface area contributed by atoms with Crippen LogP contribution in [-0.4, -0.2) is 85.6 Å². The van der Waals surface area contributed by atoms with E-state index >= 15 is 0 Å². The Labute approximate surface area is 259 Å². The Kier molecular flexibility index (Phi) is 7.86. The summed E-state index contributed by atoms with van der Waals surface area (Å²) >= 11 is 17.4. The normalized spacial score (nSPS) is 32.2. The molecule has 3 fully saturated rings. The lowest BCUT2D eigenvalue weighted by molar-refractivity contribution is -0.143. The van der Waals surface area contributed by atoms with Gasteiger partial charge in [-0.25, -0.2) is 0 Å². The molecule has 0 radical (unpaired) electrons. The number of hydrogen-bond acceptors (Lipinski definition) is 8. The zero-order valence-electron chi connectivity index (χ0n) is 22.5. The molecule has 0 aromatic heterocycles. The number of carbonyl (C=O) groups is 5. The van der Waals surface area contributed by atoms with Gasteiger partial charge in [-0.1, -0.05) is 39.7 Å². The van der Waals surface area contributed by atoms with Gasteiger partial charge in [0.15, 0.2) is 21.2 Å². The molecule has 1 aromatic rings. The molecule has 4 amide bonds. The van der Waals surface area contributed by atoms with Crippen LogP contribution in [0.15, 0.2) is 29.9 Å². The fourth-order valence-electron chi connectivity index (χ4n) is 6.71. The summed E-state index contributed by atoms with van der Waals surface area (Å²) in [4.78, 5) is 63.3. The van der Waals surface area contributed by atoms with E-state index in [-0.39, 0.29) is 42.1 Å². The molecule has 2 N–H and O–H groups in total. The van der Waals surface area contributed by atoms with Crippen molar-refractivity contribution in [3.8, 4) is 17.2 Å². The van der Waals surface area contributed by atoms with E-state index in [0.29, 0.717) is 11.1 Å². The fraction of sp³-hybridized carbons (Fsp3) is 0.464. The highest BCUT2D eigenvalue weighted by molar-refractivity contribution is 9.09. The maximum Gasteiger partial charge on any atom is 0.305 e. The number of carbonyl (C=O) groups excluding carboxylic acids is 4. The van der Waals surface area contributed by atoms with Gasteiger partial charge in [0.1, 0.15) is 0 Å². The molecule has 4 aliphatic rings. The molecule has 1 saturated carbocycles. The number of aromatic hydroxyl groups is 1. The summed E-state index contributed by atoms with van der Waals surface area (Å²) in [5.41, 5.74) is 0.960.